The van der Waals surface area contributed by atoms with Crippen molar-refractivity contribution in [1.29, 1.82) is 0 Å². The Bertz CT molecular complexity index is 888. The van der Waals surface area contributed by atoms with Gasteiger partial charge in [-0.1, -0.05) is 30.3 Å². The first-order chi connectivity index (χ1) is 13.0. The Morgan fingerprint density at radius 2 is 1.64 bits per heavy atom. The first-order valence-electron chi connectivity index (χ1n) is 9.02. The van der Waals surface area contributed by atoms with Crippen molar-refractivity contribution in [3.8, 4) is 5.75 Å². The number of ether oxygens (including phenoxy) is 1. The second-order valence-corrected chi connectivity index (χ2v) is 9.62. The Morgan fingerprint density at radius 1 is 1.07 bits per heavy atom. The van der Waals surface area contributed by atoms with E-state index in [9.17, 15) is 13.2 Å². The monoisotopic (exact) mass is 404 g/mol. The molecule has 0 aromatic heterocycles. The highest BCUT2D eigenvalue weighted by atomic mass is 32.2. The van der Waals surface area contributed by atoms with Crippen LogP contribution in [0, 0.1) is 0 Å². The Hall–Kier alpha value is -2.38. The zero-order valence-corrected chi connectivity index (χ0v) is 17.8. The van der Waals surface area contributed by atoms with E-state index in [-0.39, 0.29) is 17.2 Å². The number of nitrogens with one attached hydrogen (secondary N) is 1. The summed E-state index contributed by atoms with van der Waals surface area (Å²) in [5.74, 6) is 0.443. The first-order valence-corrected chi connectivity index (χ1v) is 10.5. The van der Waals surface area contributed by atoms with Gasteiger partial charge in [0.05, 0.1) is 18.0 Å². The van der Waals surface area contributed by atoms with Crippen molar-refractivity contribution < 1.29 is 17.9 Å². The minimum atomic E-state index is -3.77. The molecule has 0 unspecified atom stereocenters. The topological polar surface area (TPSA) is 75.7 Å². The summed E-state index contributed by atoms with van der Waals surface area (Å²) in [6.45, 7) is 5.66. The quantitative estimate of drug-likeness (QED) is 0.768. The van der Waals surface area contributed by atoms with Crippen LogP contribution in [0.25, 0.3) is 0 Å². The fourth-order valence-electron chi connectivity index (χ4n) is 2.85. The summed E-state index contributed by atoms with van der Waals surface area (Å²) in [6.07, 6.45) is 0.00611. The number of carbonyl (C=O) groups is 1. The number of hydrogen-bond acceptors (Lipinski definition) is 4. The van der Waals surface area contributed by atoms with Crippen LogP contribution in [0.15, 0.2) is 59.5 Å². The van der Waals surface area contributed by atoms with Crippen molar-refractivity contribution in [1.82, 2.24) is 9.62 Å². The van der Waals surface area contributed by atoms with E-state index in [0.29, 0.717) is 11.3 Å². The lowest BCUT2D eigenvalue weighted by Gasteiger charge is -2.29. The van der Waals surface area contributed by atoms with E-state index < -0.39 is 21.6 Å². The Kier molecular flexibility index (Phi) is 6.85. The van der Waals surface area contributed by atoms with Crippen LogP contribution in [-0.2, 0) is 14.8 Å². The van der Waals surface area contributed by atoms with Gasteiger partial charge in [0.15, 0.2) is 0 Å². The van der Waals surface area contributed by atoms with E-state index in [1.165, 1.54) is 11.4 Å². The van der Waals surface area contributed by atoms with Gasteiger partial charge < -0.3 is 10.1 Å². The fourth-order valence-corrected chi connectivity index (χ4v) is 4.22. The summed E-state index contributed by atoms with van der Waals surface area (Å²) >= 11 is 0. The third-order valence-corrected chi connectivity index (χ3v) is 6.13. The summed E-state index contributed by atoms with van der Waals surface area (Å²) in [4.78, 5) is 12.8. The number of benzene rings is 2. The van der Waals surface area contributed by atoms with E-state index in [1.54, 1.807) is 61.7 Å². The van der Waals surface area contributed by atoms with Crippen LogP contribution in [-0.4, -0.2) is 38.3 Å². The summed E-state index contributed by atoms with van der Waals surface area (Å²) < 4.78 is 32.7. The van der Waals surface area contributed by atoms with Crippen molar-refractivity contribution >= 4 is 15.9 Å². The summed E-state index contributed by atoms with van der Waals surface area (Å²) in [7, 11) is -0.703. The molecule has 6 nitrogen and oxygen atoms in total. The molecule has 0 radical (unpaired) electrons. The van der Waals surface area contributed by atoms with E-state index in [1.807, 2.05) is 20.8 Å². The molecule has 0 saturated carbocycles. The molecule has 28 heavy (non-hydrogen) atoms. The van der Waals surface area contributed by atoms with Gasteiger partial charge in [0, 0.05) is 19.0 Å². The van der Waals surface area contributed by atoms with Gasteiger partial charge in [0.25, 0.3) is 0 Å². The molecule has 152 valence electrons. The summed E-state index contributed by atoms with van der Waals surface area (Å²) in [5.41, 5.74) is 0.310. The number of carbonyl (C=O) groups excluding carboxylic acids is 1. The van der Waals surface area contributed by atoms with E-state index in [4.69, 9.17) is 4.74 Å². The Balaban J connectivity index is 2.40. The smallest absolute Gasteiger partial charge is 0.243 e. The molecule has 0 saturated heterocycles. The molecular formula is C21H28N2O4S. The van der Waals surface area contributed by atoms with Crippen molar-refractivity contribution in [2.24, 2.45) is 0 Å². The Morgan fingerprint density at radius 3 is 2.14 bits per heavy atom. The number of sulfonamides is 1. The normalized spacial score (nSPS) is 13.2. The molecule has 2 aromatic rings. The zero-order valence-electron chi connectivity index (χ0n) is 17.0. The van der Waals surface area contributed by atoms with Gasteiger partial charge in [-0.25, -0.2) is 8.42 Å². The van der Waals surface area contributed by atoms with Crippen molar-refractivity contribution in [2.45, 2.75) is 43.7 Å². The largest absolute Gasteiger partial charge is 0.497 e. The van der Waals surface area contributed by atoms with Gasteiger partial charge in [-0.05, 0) is 50.6 Å². The zero-order chi connectivity index (χ0) is 20.9. The molecule has 2 rings (SSSR count). The average Bonchev–Trinajstić information content (AvgIpc) is 2.65. The van der Waals surface area contributed by atoms with Crippen molar-refractivity contribution in [3.05, 3.63) is 60.2 Å². The Labute approximate surface area is 167 Å². The van der Waals surface area contributed by atoms with Gasteiger partial charge >= 0.3 is 0 Å². The van der Waals surface area contributed by atoms with Crippen molar-refractivity contribution in [3.63, 3.8) is 0 Å². The highest BCUT2D eigenvalue weighted by Gasteiger charge is 2.31. The number of amides is 1. The first kappa shape index (κ1) is 21.9. The molecular weight excluding hydrogens is 376 g/mol. The molecule has 1 N–H and O–H groups in total. The number of methoxy groups -OCH3 is 1. The predicted molar refractivity (Wildman–Crippen MR) is 110 cm³/mol. The van der Waals surface area contributed by atoms with E-state index in [2.05, 4.69) is 5.32 Å². The second-order valence-electron chi connectivity index (χ2n) is 7.63. The third kappa shape index (κ3) is 5.56. The van der Waals surface area contributed by atoms with E-state index >= 15 is 0 Å². The molecule has 0 fully saturated rings. The van der Waals surface area contributed by atoms with Crippen molar-refractivity contribution in [2.75, 3.05) is 14.2 Å². The van der Waals surface area contributed by atoms with Gasteiger partial charge in [0.2, 0.25) is 15.9 Å². The minimum Gasteiger partial charge on any atom is -0.497 e. The maximum atomic E-state index is 13.1. The molecule has 7 heteroatoms. The third-order valence-electron chi connectivity index (χ3n) is 4.25. The minimum absolute atomic E-state index is 0.00611. The molecule has 0 bridgehead atoms. The molecule has 0 aliphatic heterocycles. The highest BCUT2D eigenvalue weighted by molar-refractivity contribution is 7.89. The fraction of sp³-hybridized carbons (Fsp3) is 0.381. The van der Waals surface area contributed by atoms with Gasteiger partial charge in [-0.2, -0.15) is 4.31 Å². The standard InChI is InChI=1S/C21H28N2O4S/c1-21(2,3)22-20(24)15-19(16-11-13-17(27-5)14-12-16)23(4)28(25,26)18-9-7-6-8-10-18/h6-14,19H,15H2,1-5H3,(H,22,24)/t19-/m0/s1. The molecule has 0 aliphatic carbocycles. The molecule has 0 aliphatic rings. The molecule has 1 amide bonds. The molecule has 1 atom stereocenters. The second kappa shape index (κ2) is 8.75. The predicted octanol–water partition coefficient (Wildman–Crippen LogP) is 3.36. The van der Waals surface area contributed by atoms with Crippen LogP contribution in [0.1, 0.15) is 38.8 Å². The highest BCUT2D eigenvalue weighted by Crippen LogP contribution is 2.30. The molecule has 2 aromatic carbocycles. The van der Waals surface area contributed by atoms with E-state index in [0.717, 1.165) is 0 Å². The summed E-state index contributed by atoms with van der Waals surface area (Å²) in [6, 6.07) is 14.6. The van der Waals surface area contributed by atoms with Crippen LogP contribution in [0.5, 0.6) is 5.75 Å². The number of nitrogens with zero attached hydrogens (tertiary/aromatic N) is 1. The van der Waals surface area contributed by atoms with Gasteiger partial charge in [-0.15, -0.1) is 0 Å². The lowest BCUT2D eigenvalue weighted by molar-refractivity contribution is -0.123. The van der Waals surface area contributed by atoms with Crippen LogP contribution < -0.4 is 10.1 Å². The lowest BCUT2D eigenvalue weighted by Crippen LogP contribution is -2.43. The van der Waals surface area contributed by atoms with Crippen LogP contribution in [0.2, 0.25) is 0 Å². The van der Waals surface area contributed by atoms with Crippen LogP contribution in [0.4, 0.5) is 0 Å². The van der Waals surface area contributed by atoms with Crippen LogP contribution in [0.3, 0.4) is 0 Å². The average molecular weight is 405 g/mol. The van der Waals surface area contributed by atoms with Gasteiger partial charge in [0.1, 0.15) is 5.75 Å². The SMILES string of the molecule is COc1ccc([C@H](CC(=O)NC(C)(C)C)N(C)S(=O)(=O)c2ccccc2)cc1. The van der Waals surface area contributed by atoms with Crippen LogP contribution >= 0.6 is 0 Å². The maximum Gasteiger partial charge on any atom is 0.243 e. The summed E-state index contributed by atoms with van der Waals surface area (Å²) in [5, 5.41) is 2.90. The lowest BCUT2D eigenvalue weighted by atomic mass is 10.0. The van der Waals surface area contributed by atoms with Gasteiger partial charge in [-0.3, -0.25) is 4.79 Å². The number of hydrogen-bond donors (Lipinski definition) is 1. The molecule has 0 heterocycles. The maximum absolute atomic E-state index is 13.1. The number of rotatable bonds is 7. The molecule has 0 spiro atoms.